The molecule has 3 aromatic carbocycles. The Labute approximate surface area is 164 Å². The van der Waals surface area contributed by atoms with Crippen molar-refractivity contribution in [3.63, 3.8) is 0 Å². The lowest BCUT2D eigenvalue weighted by Crippen LogP contribution is -2.36. The topological polar surface area (TPSA) is 50.7 Å². The first kappa shape index (κ1) is 18.1. The number of hydrogen-bond acceptors (Lipinski definition) is 3. The summed E-state index contributed by atoms with van der Waals surface area (Å²) < 4.78 is 6.01. The zero-order chi connectivity index (χ0) is 19.3. The number of hydrogen-bond donors (Lipinski definition) is 1. The van der Waals surface area contributed by atoms with Crippen LogP contribution in [0.5, 0.6) is 0 Å². The molecule has 4 heteroatoms. The van der Waals surface area contributed by atoms with E-state index in [0.717, 1.165) is 28.1 Å². The van der Waals surface area contributed by atoms with E-state index in [1.165, 1.54) is 0 Å². The zero-order valence-corrected chi connectivity index (χ0v) is 15.7. The quantitative estimate of drug-likeness (QED) is 0.721. The molecule has 0 aromatic heterocycles. The third kappa shape index (κ3) is 3.87. The van der Waals surface area contributed by atoms with E-state index >= 15 is 0 Å². The van der Waals surface area contributed by atoms with Crippen molar-refractivity contribution in [2.24, 2.45) is 4.99 Å². The number of nitrogens with zero attached hydrogens (tertiary/aromatic N) is 1. The first-order chi connectivity index (χ1) is 13.7. The smallest absolute Gasteiger partial charge is 0.251 e. The molecule has 0 fully saturated rings. The molecule has 140 valence electrons. The van der Waals surface area contributed by atoms with Crippen molar-refractivity contribution in [2.75, 3.05) is 5.32 Å². The number of aliphatic imine (C=N–C) groups is 1. The number of nitrogens with one attached hydrogen (secondary N) is 1. The molecule has 1 aliphatic heterocycles. The summed E-state index contributed by atoms with van der Waals surface area (Å²) in [5.74, 6) is -0.154. The number of amides is 1. The Balaban J connectivity index is 1.66. The Bertz CT molecular complexity index is 984. The fourth-order valence-corrected chi connectivity index (χ4v) is 3.31. The van der Waals surface area contributed by atoms with Gasteiger partial charge in [-0.25, -0.2) is 0 Å². The molecule has 0 spiro atoms. The largest absolute Gasteiger partial charge is 0.371 e. The maximum atomic E-state index is 12.9. The lowest BCUT2D eigenvalue weighted by molar-refractivity contribution is -0.120. The fourth-order valence-electron chi connectivity index (χ4n) is 3.31. The minimum absolute atomic E-state index is 0.154. The van der Waals surface area contributed by atoms with E-state index in [4.69, 9.17) is 9.73 Å². The predicted molar refractivity (Wildman–Crippen MR) is 112 cm³/mol. The third-order valence-corrected chi connectivity index (χ3v) is 4.82. The van der Waals surface area contributed by atoms with Crippen LogP contribution in [0.1, 0.15) is 23.6 Å². The normalized spacial score (nSPS) is 17.1. The molecular formula is C24H22N2O2. The molecule has 0 aliphatic carbocycles. The third-order valence-electron chi connectivity index (χ3n) is 4.82. The SMILES string of the molecule is C[C@@H](OCc1ccccc1)[C@@H]1N=C(c2ccccc2)c2ccccc2NC1=O. The summed E-state index contributed by atoms with van der Waals surface area (Å²) in [7, 11) is 0. The van der Waals surface area contributed by atoms with E-state index in [-0.39, 0.29) is 12.0 Å². The molecular weight excluding hydrogens is 348 g/mol. The number of benzene rings is 3. The van der Waals surface area contributed by atoms with Gasteiger partial charge in [0.25, 0.3) is 5.91 Å². The van der Waals surface area contributed by atoms with Crippen LogP contribution in [0.2, 0.25) is 0 Å². The molecule has 28 heavy (non-hydrogen) atoms. The molecule has 4 rings (SSSR count). The summed E-state index contributed by atoms with van der Waals surface area (Å²) in [6.45, 7) is 2.34. The number of rotatable bonds is 5. The molecule has 1 aliphatic rings. The number of anilines is 1. The Morgan fingerprint density at radius 3 is 2.32 bits per heavy atom. The molecule has 2 atom stereocenters. The Hall–Kier alpha value is -3.24. The van der Waals surface area contributed by atoms with Gasteiger partial charge >= 0.3 is 0 Å². The van der Waals surface area contributed by atoms with Crippen molar-refractivity contribution in [3.05, 3.63) is 102 Å². The molecule has 1 amide bonds. The van der Waals surface area contributed by atoms with Crippen LogP contribution in [0.4, 0.5) is 5.69 Å². The summed E-state index contributed by atoms with van der Waals surface area (Å²) in [5, 5.41) is 3.02. The minimum atomic E-state index is -0.633. The first-order valence-corrected chi connectivity index (χ1v) is 9.41. The zero-order valence-electron chi connectivity index (χ0n) is 15.7. The Morgan fingerprint density at radius 1 is 0.929 bits per heavy atom. The van der Waals surface area contributed by atoms with E-state index in [0.29, 0.717) is 6.61 Å². The van der Waals surface area contributed by atoms with Crippen LogP contribution < -0.4 is 5.32 Å². The summed E-state index contributed by atoms with van der Waals surface area (Å²) >= 11 is 0. The lowest BCUT2D eigenvalue weighted by atomic mass is 10.0. The standard InChI is InChI=1S/C24H22N2O2/c1-17(28-16-18-10-4-2-5-11-18)22-24(27)25-21-15-9-8-14-20(21)23(26-22)19-12-6-3-7-13-19/h2-15,17,22H,16H2,1H3,(H,25,27)/t17-,22+/m1/s1. The highest BCUT2D eigenvalue weighted by molar-refractivity contribution is 6.19. The van der Waals surface area contributed by atoms with Gasteiger partial charge in [0, 0.05) is 11.1 Å². The Kier molecular flexibility index (Phi) is 5.31. The second-order valence-corrected chi connectivity index (χ2v) is 6.83. The number of ether oxygens (including phenoxy) is 1. The van der Waals surface area contributed by atoms with Gasteiger partial charge in [0.2, 0.25) is 0 Å². The van der Waals surface area contributed by atoms with E-state index in [1.807, 2.05) is 91.9 Å². The van der Waals surface area contributed by atoms with Gasteiger partial charge in [0.05, 0.1) is 24.1 Å². The average Bonchev–Trinajstić information content (AvgIpc) is 2.89. The van der Waals surface area contributed by atoms with Gasteiger partial charge in [-0.05, 0) is 18.6 Å². The van der Waals surface area contributed by atoms with Gasteiger partial charge in [-0.1, -0.05) is 78.9 Å². The fraction of sp³-hybridized carbons (Fsp3) is 0.167. The summed E-state index contributed by atoms with van der Waals surface area (Å²) in [6.07, 6.45) is -0.367. The number of carbonyl (C=O) groups is 1. The van der Waals surface area contributed by atoms with Crippen LogP contribution in [-0.2, 0) is 16.1 Å². The summed E-state index contributed by atoms with van der Waals surface area (Å²) in [5.41, 5.74) is 4.54. The molecule has 0 radical (unpaired) electrons. The maximum Gasteiger partial charge on any atom is 0.251 e. The second-order valence-electron chi connectivity index (χ2n) is 6.83. The van der Waals surface area contributed by atoms with Gasteiger partial charge in [-0.3, -0.25) is 9.79 Å². The van der Waals surface area contributed by atoms with E-state index in [2.05, 4.69) is 5.32 Å². The predicted octanol–water partition coefficient (Wildman–Crippen LogP) is 4.45. The molecule has 0 saturated heterocycles. The van der Waals surface area contributed by atoms with Crippen molar-refractivity contribution >= 4 is 17.3 Å². The van der Waals surface area contributed by atoms with Crippen LogP contribution in [0.3, 0.4) is 0 Å². The van der Waals surface area contributed by atoms with E-state index < -0.39 is 6.04 Å². The van der Waals surface area contributed by atoms with Crippen LogP contribution >= 0.6 is 0 Å². The number of para-hydroxylation sites is 1. The van der Waals surface area contributed by atoms with E-state index in [9.17, 15) is 4.79 Å². The minimum Gasteiger partial charge on any atom is -0.371 e. The maximum absolute atomic E-state index is 12.9. The second kappa shape index (κ2) is 8.19. The van der Waals surface area contributed by atoms with Gasteiger partial charge in [0.15, 0.2) is 6.04 Å². The summed E-state index contributed by atoms with van der Waals surface area (Å²) in [6, 6.07) is 27.0. The van der Waals surface area contributed by atoms with Crippen LogP contribution in [-0.4, -0.2) is 23.8 Å². The Morgan fingerprint density at radius 2 is 1.57 bits per heavy atom. The molecule has 4 nitrogen and oxygen atoms in total. The number of benzodiazepines with no additional fused rings is 1. The monoisotopic (exact) mass is 370 g/mol. The molecule has 0 saturated carbocycles. The van der Waals surface area contributed by atoms with Crippen molar-refractivity contribution in [1.29, 1.82) is 0 Å². The van der Waals surface area contributed by atoms with Crippen molar-refractivity contribution in [2.45, 2.75) is 25.7 Å². The lowest BCUT2D eigenvalue weighted by Gasteiger charge is -2.19. The molecule has 0 unspecified atom stereocenters. The summed E-state index contributed by atoms with van der Waals surface area (Å²) in [4.78, 5) is 17.8. The van der Waals surface area contributed by atoms with Gasteiger partial charge < -0.3 is 10.1 Å². The van der Waals surface area contributed by atoms with Crippen molar-refractivity contribution in [1.82, 2.24) is 0 Å². The van der Waals surface area contributed by atoms with Crippen LogP contribution in [0.25, 0.3) is 0 Å². The highest BCUT2D eigenvalue weighted by Crippen LogP contribution is 2.25. The van der Waals surface area contributed by atoms with Crippen molar-refractivity contribution < 1.29 is 9.53 Å². The highest BCUT2D eigenvalue weighted by Gasteiger charge is 2.30. The molecule has 3 aromatic rings. The highest BCUT2D eigenvalue weighted by atomic mass is 16.5. The van der Waals surface area contributed by atoms with Gasteiger partial charge in [-0.2, -0.15) is 0 Å². The molecule has 1 heterocycles. The molecule has 0 bridgehead atoms. The first-order valence-electron chi connectivity index (χ1n) is 9.41. The van der Waals surface area contributed by atoms with Crippen LogP contribution in [0.15, 0.2) is 89.9 Å². The van der Waals surface area contributed by atoms with Gasteiger partial charge in [0.1, 0.15) is 0 Å². The van der Waals surface area contributed by atoms with E-state index in [1.54, 1.807) is 0 Å². The van der Waals surface area contributed by atoms with Crippen LogP contribution in [0, 0.1) is 0 Å². The van der Waals surface area contributed by atoms with Gasteiger partial charge in [-0.15, -0.1) is 0 Å². The number of carbonyl (C=O) groups excluding carboxylic acids is 1. The van der Waals surface area contributed by atoms with Crippen molar-refractivity contribution in [3.8, 4) is 0 Å². The average molecular weight is 370 g/mol. The number of fused-ring (bicyclic) bond motifs is 1. The molecule has 1 N–H and O–H groups in total.